The topological polar surface area (TPSA) is 63.3 Å². The van der Waals surface area contributed by atoms with Gasteiger partial charge in [-0.25, -0.2) is 9.98 Å². The van der Waals surface area contributed by atoms with Crippen molar-refractivity contribution in [2.45, 2.75) is 51.1 Å². The van der Waals surface area contributed by atoms with Gasteiger partial charge >= 0.3 is 0 Å². The molecule has 0 unspecified atom stereocenters. The summed E-state index contributed by atoms with van der Waals surface area (Å²) in [6, 6.07) is 10.7. The van der Waals surface area contributed by atoms with Gasteiger partial charge in [0, 0.05) is 17.0 Å². The first kappa shape index (κ1) is 19.2. The van der Waals surface area contributed by atoms with Gasteiger partial charge in [0.2, 0.25) is 0 Å². The third-order valence-electron chi connectivity index (χ3n) is 4.21. The van der Waals surface area contributed by atoms with E-state index in [0.29, 0.717) is 18.5 Å². The molecule has 1 aromatic heterocycles. The second-order valence-corrected chi connectivity index (χ2v) is 6.97. The molecule has 6 heteroatoms. The van der Waals surface area contributed by atoms with Crippen LogP contribution in [0.25, 0.3) is 11.3 Å². The molecule has 0 aliphatic heterocycles. The number of nitrogens with one attached hydrogen (secondary N) is 1. The molecule has 1 heterocycles. The molecule has 0 amide bonds. The van der Waals surface area contributed by atoms with E-state index in [1.807, 2.05) is 18.2 Å². The van der Waals surface area contributed by atoms with E-state index in [1.54, 1.807) is 11.3 Å². The highest BCUT2D eigenvalue weighted by atomic mass is 127. The zero-order valence-electron chi connectivity index (χ0n) is 13.8. The van der Waals surface area contributed by atoms with E-state index in [4.69, 9.17) is 5.73 Å². The van der Waals surface area contributed by atoms with Crippen molar-refractivity contribution in [2.24, 2.45) is 10.7 Å². The van der Waals surface area contributed by atoms with Crippen LogP contribution in [0, 0.1) is 0 Å². The lowest BCUT2D eigenvalue weighted by molar-refractivity contribution is 0.530. The van der Waals surface area contributed by atoms with E-state index in [-0.39, 0.29) is 24.0 Å². The Kier molecular flexibility index (Phi) is 7.98. The molecule has 1 aliphatic carbocycles. The van der Waals surface area contributed by atoms with Crippen LogP contribution in [0.1, 0.15) is 43.5 Å². The van der Waals surface area contributed by atoms with Crippen molar-refractivity contribution in [2.75, 3.05) is 0 Å². The maximum Gasteiger partial charge on any atom is 0.189 e. The highest BCUT2D eigenvalue weighted by Crippen LogP contribution is 2.22. The summed E-state index contributed by atoms with van der Waals surface area (Å²) in [6.45, 7) is 0.545. The number of guanidine groups is 1. The SMILES string of the molecule is I.NC(=NCc1nc(-c2ccccc2)cs1)NC1CCCCCC1. The zero-order valence-corrected chi connectivity index (χ0v) is 16.9. The number of nitrogens with zero attached hydrogens (tertiary/aromatic N) is 2. The van der Waals surface area contributed by atoms with Crippen LogP contribution < -0.4 is 11.1 Å². The Labute approximate surface area is 165 Å². The number of halogens is 1. The Morgan fingerprint density at radius 3 is 2.58 bits per heavy atom. The Morgan fingerprint density at radius 2 is 1.88 bits per heavy atom. The van der Waals surface area contributed by atoms with E-state index in [0.717, 1.165) is 16.3 Å². The monoisotopic (exact) mass is 456 g/mol. The van der Waals surface area contributed by atoms with Gasteiger partial charge in [-0.15, -0.1) is 35.3 Å². The molecule has 1 aliphatic rings. The van der Waals surface area contributed by atoms with Gasteiger partial charge in [0.1, 0.15) is 5.01 Å². The summed E-state index contributed by atoms with van der Waals surface area (Å²) in [5, 5.41) is 6.45. The molecular weight excluding hydrogens is 431 g/mol. The predicted molar refractivity (Wildman–Crippen MR) is 113 cm³/mol. The Balaban J connectivity index is 0.00000208. The van der Waals surface area contributed by atoms with Gasteiger partial charge in [0.25, 0.3) is 0 Å². The molecule has 0 radical (unpaired) electrons. The highest BCUT2D eigenvalue weighted by Gasteiger charge is 2.12. The summed E-state index contributed by atoms with van der Waals surface area (Å²) in [5.74, 6) is 0.549. The van der Waals surface area contributed by atoms with Crippen LogP contribution in [0.3, 0.4) is 0 Å². The maximum atomic E-state index is 6.04. The minimum Gasteiger partial charge on any atom is -0.370 e. The van der Waals surface area contributed by atoms with Gasteiger partial charge in [0.05, 0.1) is 12.2 Å². The lowest BCUT2D eigenvalue weighted by Crippen LogP contribution is -2.39. The van der Waals surface area contributed by atoms with Gasteiger partial charge < -0.3 is 11.1 Å². The first-order valence-corrected chi connectivity index (χ1v) is 9.25. The van der Waals surface area contributed by atoms with Crippen molar-refractivity contribution in [1.29, 1.82) is 0 Å². The molecule has 1 saturated carbocycles. The summed E-state index contributed by atoms with van der Waals surface area (Å²) in [6.07, 6.45) is 7.67. The third-order valence-corrected chi connectivity index (χ3v) is 5.05. The van der Waals surface area contributed by atoms with Gasteiger partial charge in [-0.3, -0.25) is 0 Å². The molecule has 1 fully saturated rings. The minimum absolute atomic E-state index is 0. The van der Waals surface area contributed by atoms with E-state index in [2.05, 4.69) is 32.8 Å². The number of aliphatic imine (C=N–C) groups is 1. The second-order valence-electron chi connectivity index (χ2n) is 6.03. The van der Waals surface area contributed by atoms with Crippen molar-refractivity contribution in [3.05, 3.63) is 40.7 Å². The molecule has 0 saturated heterocycles. The number of aromatic nitrogens is 1. The summed E-state index contributed by atoms with van der Waals surface area (Å²) in [4.78, 5) is 9.10. The fourth-order valence-corrected chi connectivity index (χ4v) is 3.68. The molecule has 0 atom stereocenters. The fourth-order valence-electron chi connectivity index (χ4n) is 2.96. The van der Waals surface area contributed by atoms with Crippen LogP contribution in [-0.4, -0.2) is 17.0 Å². The van der Waals surface area contributed by atoms with E-state index in [1.165, 1.54) is 38.5 Å². The van der Waals surface area contributed by atoms with Crippen LogP contribution in [0.5, 0.6) is 0 Å². The van der Waals surface area contributed by atoms with Crippen molar-refractivity contribution in [3.63, 3.8) is 0 Å². The molecule has 24 heavy (non-hydrogen) atoms. The number of nitrogens with two attached hydrogens (primary N) is 1. The smallest absolute Gasteiger partial charge is 0.189 e. The Hall–Kier alpha value is -1.15. The van der Waals surface area contributed by atoms with E-state index < -0.39 is 0 Å². The van der Waals surface area contributed by atoms with Gasteiger partial charge in [-0.2, -0.15) is 0 Å². The summed E-state index contributed by atoms with van der Waals surface area (Å²) in [7, 11) is 0. The zero-order chi connectivity index (χ0) is 15.9. The standard InChI is InChI=1S/C18H24N4S.HI/c19-18(21-15-10-6-1-2-7-11-15)20-12-17-22-16(13-23-17)14-8-4-3-5-9-14;/h3-5,8-9,13,15H,1-2,6-7,10-12H2,(H3,19,20,21);1H. The van der Waals surface area contributed by atoms with Crippen molar-refractivity contribution >= 4 is 41.3 Å². The van der Waals surface area contributed by atoms with Crippen molar-refractivity contribution in [1.82, 2.24) is 10.3 Å². The summed E-state index contributed by atoms with van der Waals surface area (Å²) in [5.41, 5.74) is 8.19. The highest BCUT2D eigenvalue weighted by molar-refractivity contribution is 14.0. The first-order valence-electron chi connectivity index (χ1n) is 8.37. The molecule has 130 valence electrons. The molecule has 3 N–H and O–H groups in total. The quantitative estimate of drug-likeness (QED) is 0.307. The van der Waals surface area contributed by atoms with Gasteiger partial charge in [-0.1, -0.05) is 56.0 Å². The number of hydrogen-bond acceptors (Lipinski definition) is 3. The largest absolute Gasteiger partial charge is 0.370 e. The lowest BCUT2D eigenvalue weighted by atomic mass is 10.1. The van der Waals surface area contributed by atoms with E-state index >= 15 is 0 Å². The van der Waals surface area contributed by atoms with Crippen LogP contribution in [-0.2, 0) is 6.54 Å². The third kappa shape index (κ3) is 5.73. The molecule has 1 aromatic carbocycles. The summed E-state index contributed by atoms with van der Waals surface area (Å²) >= 11 is 1.63. The van der Waals surface area contributed by atoms with Crippen LogP contribution in [0.15, 0.2) is 40.7 Å². The first-order chi connectivity index (χ1) is 11.3. The Morgan fingerprint density at radius 1 is 1.17 bits per heavy atom. The second kappa shape index (κ2) is 9.98. The van der Waals surface area contributed by atoms with Crippen LogP contribution in [0.2, 0.25) is 0 Å². The number of hydrogen-bond donors (Lipinski definition) is 2. The number of benzene rings is 1. The molecule has 0 bridgehead atoms. The normalized spacial score (nSPS) is 16.2. The van der Waals surface area contributed by atoms with Gasteiger partial charge in [0.15, 0.2) is 5.96 Å². The molecule has 4 nitrogen and oxygen atoms in total. The lowest BCUT2D eigenvalue weighted by Gasteiger charge is -2.16. The average Bonchev–Trinajstić information content (AvgIpc) is 2.91. The molecule has 0 spiro atoms. The Bertz CT molecular complexity index is 633. The summed E-state index contributed by atoms with van der Waals surface area (Å²) < 4.78 is 0. The number of rotatable bonds is 4. The van der Waals surface area contributed by atoms with Crippen LogP contribution >= 0.6 is 35.3 Å². The predicted octanol–water partition coefficient (Wildman–Crippen LogP) is 4.56. The average molecular weight is 456 g/mol. The molecule has 2 aromatic rings. The fraction of sp³-hybridized carbons (Fsp3) is 0.444. The maximum absolute atomic E-state index is 6.04. The molecule has 3 rings (SSSR count). The van der Waals surface area contributed by atoms with E-state index in [9.17, 15) is 0 Å². The number of thiazole rings is 1. The van der Waals surface area contributed by atoms with Crippen molar-refractivity contribution in [3.8, 4) is 11.3 Å². The van der Waals surface area contributed by atoms with Gasteiger partial charge in [-0.05, 0) is 12.8 Å². The molecular formula is C18H25IN4S. The minimum atomic E-state index is 0. The van der Waals surface area contributed by atoms with Crippen LogP contribution in [0.4, 0.5) is 0 Å². The van der Waals surface area contributed by atoms with Crippen molar-refractivity contribution < 1.29 is 0 Å².